The van der Waals surface area contributed by atoms with Crippen LogP contribution in [0.15, 0.2) is 0 Å². The molecular weight excluding hydrogens is 176 g/mol. The Morgan fingerprint density at radius 1 is 1.36 bits per heavy atom. The van der Waals surface area contributed by atoms with Gasteiger partial charge < -0.3 is 10.2 Å². The third-order valence-electron chi connectivity index (χ3n) is 2.18. The maximum atomic E-state index is 11.6. The van der Waals surface area contributed by atoms with Gasteiger partial charge in [-0.3, -0.25) is 4.79 Å². The molecule has 0 aromatic rings. The normalized spacial score (nSPS) is 10.6. The van der Waals surface area contributed by atoms with E-state index in [1.54, 1.807) is 0 Å². The lowest BCUT2D eigenvalue weighted by molar-refractivity contribution is -0.130. The third kappa shape index (κ3) is 5.97. The Hall–Kier alpha value is -0.570. The molecule has 0 atom stereocenters. The van der Waals surface area contributed by atoms with Crippen molar-refractivity contribution in [2.75, 3.05) is 19.6 Å². The Bertz CT molecular complexity index is 157. The molecule has 14 heavy (non-hydrogen) atoms. The molecule has 3 nitrogen and oxygen atoms in total. The van der Waals surface area contributed by atoms with Crippen LogP contribution in [0.1, 0.15) is 40.5 Å². The van der Waals surface area contributed by atoms with Gasteiger partial charge in [0.1, 0.15) is 0 Å². The number of nitrogens with one attached hydrogen (secondary N) is 1. The van der Waals surface area contributed by atoms with Crippen LogP contribution >= 0.6 is 0 Å². The van der Waals surface area contributed by atoms with Crippen molar-refractivity contribution in [2.45, 2.75) is 46.6 Å². The zero-order chi connectivity index (χ0) is 11.0. The number of hydrogen-bond donors (Lipinski definition) is 1. The van der Waals surface area contributed by atoms with E-state index in [0.29, 0.717) is 12.6 Å². The van der Waals surface area contributed by atoms with Crippen LogP contribution in [0.2, 0.25) is 0 Å². The van der Waals surface area contributed by atoms with Gasteiger partial charge in [-0.05, 0) is 13.3 Å². The van der Waals surface area contributed by atoms with Crippen molar-refractivity contribution in [1.82, 2.24) is 10.2 Å². The monoisotopic (exact) mass is 200 g/mol. The molecule has 0 bridgehead atoms. The molecule has 0 spiro atoms. The first kappa shape index (κ1) is 13.4. The number of amides is 1. The quantitative estimate of drug-likeness (QED) is 0.677. The standard InChI is InChI=1S/C11H24N2O/c1-5-7-8-13(6-2)11(14)9-12-10(3)4/h10,12H,5-9H2,1-4H3. The molecule has 84 valence electrons. The van der Waals surface area contributed by atoms with Gasteiger partial charge in [0, 0.05) is 19.1 Å². The molecule has 0 rings (SSSR count). The summed E-state index contributed by atoms with van der Waals surface area (Å²) in [6.45, 7) is 10.5. The van der Waals surface area contributed by atoms with Gasteiger partial charge in [0.25, 0.3) is 0 Å². The second kappa shape index (κ2) is 7.80. The Morgan fingerprint density at radius 2 is 2.00 bits per heavy atom. The second-order valence-electron chi connectivity index (χ2n) is 3.86. The fraction of sp³-hybridized carbons (Fsp3) is 0.909. The minimum absolute atomic E-state index is 0.217. The fourth-order valence-corrected chi connectivity index (χ4v) is 1.21. The molecule has 0 aliphatic rings. The molecule has 0 unspecified atom stereocenters. The SMILES string of the molecule is CCCCN(CC)C(=O)CNC(C)C. The smallest absolute Gasteiger partial charge is 0.236 e. The van der Waals surface area contributed by atoms with Crippen LogP contribution in [0, 0.1) is 0 Å². The molecule has 1 amide bonds. The molecule has 1 N–H and O–H groups in total. The van der Waals surface area contributed by atoms with Gasteiger partial charge in [0.15, 0.2) is 0 Å². The van der Waals surface area contributed by atoms with E-state index < -0.39 is 0 Å². The first-order valence-electron chi connectivity index (χ1n) is 5.62. The van der Waals surface area contributed by atoms with Crippen molar-refractivity contribution in [3.63, 3.8) is 0 Å². The molecule has 0 fully saturated rings. The van der Waals surface area contributed by atoms with E-state index in [0.717, 1.165) is 25.9 Å². The fourth-order valence-electron chi connectivity index (χ4n) is 1.21. The number of carbonyl (C=O) groups excluding carboxylic acids is 1. The van der Waals surface area contributed by atoms with Crippen LogP contribution < -0.4 is 5.32 Å². The molecule has 0 saturated heterocycles. The zero-order valence-corrected chi connectivity index (χ0v) is 9.97. The summed E-state index contributed by atoms with van der Waals surface area (Å²) in [7, 11) is 0. The average Bonchev–Trinajstić information content (AvgIpc) is 2.16. The van der Waals surface area contributed by atoms with Crippen LogP contribution in [0.3, 0.4) is 0 Å². The third-order valence-corrected chi connectivity index (χ3v) is 2.18. The zero-order valence-electron chi connectivity index (χ0n) is 9.97. The largest absolute Gasteiger partial charge is 0.342 e. The highest BCUT2D eigenvalue weighted by Gasteiger charge is 2.10. The number of likely N-dealkylation sites (N-methyl/N-ethyl adjacent to an activating group) is 1. The predicted molar refractivity (Wildman–Crippen MR) is 60.3 cm³/mol. The molecular formula is C11H24N2O. The van der Waals surface area contributed by atoms with Crippen molar-refractivity contribution in [1.29, 1.82) is 0 Å². The van der Waals surface area contributed by atoms with Gasteiger partial charge in [0.2, 0.25) is 5.91 Å². The number of nitrogens with zero attached hydrogens (tertiary/aromatic N) is 1. The van der Waals surface area contributed by atoms with E-state index in [1.807, 2.05) is 11.8 Å². The van der Waals surface area contributed by atoms with Crippen LogP contribution in [0.4, 0.5) is 0 Å². The Labute approximate surface area is 87.9 Å². The highest BCUT2D eigenvalue weighted by Crippen LogP contribution is 1.95. The van der Waals surface area contributed by atoms with E-state index in [1.165, 1.54) is 0 Å². The van der Waals surface area contributed by atoms with Crippen molar-refractivity contribution >= 4 is 5.91 Å². The number of carbonyl (C=O) groups is 1. The summed E-state index contributed by atoms with van der Waals surface area (Å²) >= 11 is 0. The minimum atomic E-state index is 0.217. The van der Waals surface area contributed by atoms with E-state index in [9.17, 15) is 4.79 Å². The lowest BCUT2D eigenvalue weighted by atomic mass is 10.3. The van der Waals surface area contributed by atoms with Gasteiger partial charge in [-0.1, -0.05) is 27.2 Å². The summed E-state index contributed by atoms with van der Waals surface area (Å²) in [5, 5.41) is 3.15. The summed E-state index contributed by atoms with van der Waals surface area (Å²) in [5.41, 5.74) is 0. The molecule has 0 saturated carbocycles. The van der Waals surface area contributed by atoms with Crippen LogP contribution in [-0.4, -0.2) is 36.5 Å². The maximum Gasteiger partial charge on any atom is 0.236 e. The molecule has 0 radical (unpaired) electrons. The highest BCUT2D eigenvalue weighted by molar-refractivity contribution is 5.78. The lowest BCUT2D eigenvalue weighted by Gasteiger charge is -2.21. The summed E-state index contributed by atoms with van der Waals surface area (Å²) in [6.07, 6.45) is 2.24. The van der Waals surface area contributed by atoms with E-state index >= 15 is 0 Å². The molecule has 0 heterocycles. The highest BCUT2D eigenvalue weighted by atomic mass is 16.2. The van der Waals surface area contributed by atoms with E-state index in [2.05, 4.69) is 26.1 Å². The average molecular weight is 200 g/mol. The van der Waals surface area contributed by atoms with Crippen LogP contribution in [-0.2, 0) is 4.79 Å². The van der Waals surface area contributed by atoms with Crippen molar-refractivity contribution in [3.05, 3.63) is 0 Å². The van der Waals surface area contributed by atoms with Gasteiger partial charge >= 0.3 is 0 Å². The molecule has 0 aromatic heterocycles. The number of hydrogen-bond acceptors (Lipinski definition) is 2. The Kier molecular flexibility index (Phi) is 7.48. The summed E-state index contributed by atoms with van der Waals surface area (Å²) < 4.78 is 0. The van der Waals surface area contributed by atoms with Crippen molar-refractivity contribution in [2.24, 2.45) is 0 Å². The number of unbranched alkanes of at least 4 members (excludes halogenated alkanes) is 1. The topological polar surface area (TPSA) is 32.3 Å². The summed E-state index contributed by atoms with van der Waals surface area (Å²) in [5.74, 6) is 0.217. The molecule has 0 aliphatic carbocycles. The van der Waals surface area contributed by atoms with E-state index in [-0.39, 0.29) is 5.91 Å². The van der Waals surface area contributed by atoms with Gasteiger partial charge in [-0.2, -0.15) is 0 Å². The summed E-state index contributed by atoms with van der Waals surface area (Å²) in [4.78, 5) is 13.6. The molecule has 0 aliphatic heterocycles. The van der Waals surface area contributed by atoms with Crippen molar-refractivity contribution < 1.29 is 4.79 Å². The molecule has 0 aromatic carbocycles. The van der Waals surface area contributed by atoms with E-state index in [4.69, 9.17) is 0 Å². The van der Waals surface area contributed by atoms with Crippen LogP contribution in [0.5, 0.6) is 0 Å². The first-order chi connectivity index (χ1) is 6.61. The lowest BCUT2D eigenvalue weighted by Crippen LogP contribution is -2.40. The van der Waals surface area contributed by atoms with Crippen molar-refractivity contribution in [3.8, 4) is 0 Å². The first-order valence-corrected chi connectivity index (χ1v) is 5.62. The number of rotatable bonds is 7. The van der Waals surface area contributed by atoms with Gasteiger partial charge in [-0.15, -0.1) is 0 Å². The predicted octanol–water partition coefficient (Wildman–Crippen LogP) is 1.63. The summed E-state index contributed by atoms with van der Waals surface area (Å²) in [6, 6.07) is 0.379. The second-order valence-corrected chi connectivity index (χ2v) is 3.86. The maximum absolute atomic E-state index is 11.6. The Balaban J connectivity index is 3.79. The molecule has 3 heteroatoms. The minimum Gasteiger partial charge on any atom is -0.342 e. The van der Waals surface area contributed by atoms with Gasteiger partial charge in [0.05, 0.1) is 6.54 Å². The Morgan fingerprint density at radius 3 is 2.43 bits per heavy atom. The van der Waals surface area contributed by atoms with Crippen LogP contribution in [0.25, 0.3) is 0 Å². The van der Waals surface area contributed by atoms with Gasteiger partial charge in [-0.25, -0.2) is 0 Å².